The molecular weight excluding hydrogens is 292 g/mol. The normalized spacial score (nSPS) is 17.6. The zero-order valence-corrected chi connectivity index (χ0v) is 12.3. The molecule has 0 saturated heterocycles. The molecule has 108 valence electrons. The Kier molecular flexibility index (Phi) is 2.61. The molecule has 1 atom stereocenters. The molecule has 0 saturated carbocycles. The standard InChI is InChI=1S/C14H13ClN4O2/c1-6-9-8(20)4-3-7-10(12(9)18-21-6)11-13(15)16-5-17-14(11)19(7)2/h5,8,20H,3-4H2,1-2H3/t8-/m1/s1. The molecule has 0 unspecified atom stereocenters. The first-order valence-corrected chi connectivity index (χ1v) is 7.09. The molecule has 0 aromatic carbocycles. The van der Waals surface area contributed by atoms with Crippen LogP contribution in [-0.4, -0.2) is 24.8 Å². The largest absolute Gasteiger partial charge is 0.388 e. The molecule has 21 heavy (non-hydrogen) atoms. The number of nitrogens with zero attached hydrogens (tertiary/aromatic N) is 4. The lowest BCUT2D eigenvalue weighted by atomic mass is 10.0. The molecule has 0 fully saturated rings. The van der Waals surface area contributed by atoms with Crippen molar-refractivity contribution in [2.75, 3.05) is 0 Å². The number of aliphatic hydroxyl groups is 1. The zero-order valence-electron chi connectivity index (χ0n) is 11.6. The Balaban J connectivity index is 2.19. The van der Waals surface area contributed by atoms with Gasteiger partial charge in [0.15, 0.2) is 0 Å². The van der Waals surface area contributed by atoms with Crippen LogP contribution in [0.1, 0.15) is 29.5 Å². The molecule has 0 spiro atoms. The van der Waals surface area contributed by atoms with Gasteiger partial charge in [0.2, 0.25) is 0 Å². The molecule has 0 amide bonds. The summed E-state index contributed by atoms with van der Waals surface area (Å²) in [6.07, 6.45) is 2.19. The van der Waals surface area contributed by atoms with Gasteiger partial charge in [0, 0.05) is 18.3 Å². The Bertz CT molecular complexity index is 868. The number of rotatable bonds is 0. The van der Waals surface area contributed by atoms with Gasteiger partial charge < -0.3 is 14.2 Å². The fraction of sp³-hybridized carbons (Fsp3) is 0.357. The van der Waals surface area contributed by atoms with Crippen molar-refractivity contribution in [2.45, 2.75) is 25.9 Å². The minimum absolute atomic E-state index is 0.389. The van der Waals surface area contributed by atoms with Gasteiger partial charge in [-0.15, -0.1) is 0 Å². The fourth-order valence-electron chi connectivity index (χ4n) is 3.18. The second kappa shape index (κ2) is 4.29. The van der Waals surface area contributed by atoms with E-state index in [0.29, 0.717) is 23.0 Å². The number of fused-ring (bicyclic) bond motifs is 5. The molecule has 1 aliphatic carbocycles. The van der Waals surface area contributed by atoms with Crippen LogP contribution in [0.3, 0.4) is 0 Å². The number of aryl methyl sites for hydroxylation is 2. The van der Waals surface area contributed by atoms with Crippen molar-refractivity contribution >= 4 is 22.6 Å². The quantitative estimate of drug-likeness (QED) is 0.646. The van der Waals surface area contributed by atoms with E-state index in [0.717, 1.165) is 34.3 Å². The van der Waals surface area contributed by atoms with E-state index in [1.807, 2.05) is 18.5 Å². The van der Waals surface area contributed by atoms with Crippen LogP contribution in [0.2, 0.25) is 5.15 Å². The summed E-state index contributed by atoms with van der Waals surface area (Å²) in [7, 11) is 1.94. The van der Waals surface area contributed by atoms with Crippen LogP contribution >= 0.6 is 11.6 Å². The van der Waals surface area contributed by atoms with Crippen molar-refractivity contribution in [1.29, 1.82) is 0 Å². The van der Waals surface area contributed by atoms with Crippen molar-refractivity contribution in [3.63, 3.8) is 0 Å². The molecule has 3 aromatic rings. The number of hydrogen-bond acceptors (Lipinski definition) is 5. The molecule has 4 rings (SSSR count). The third-order valence-electron chi connectivity index (χ3n) is 4.18. The molecule has 6 nitrogen and oxygen atoms in total. The van der Waals surface area contributed by atoms with Gasteiger partial charge in [0.25, 0.3) is 0 Å². The van der Waals surface area contributed by atoms with Crippen LogP contribution in [0.25, 0.3) is 22.3 Å². The summed E-state index contributed by atoms with van der Waals surface area (Å²) in [6.45, 7) is 1.81. The Morgan fingerprint density at radius 3 is 3.05 bits per heavy atom. The van der Waals surface area contributed by atoms with Gasteiger partial charge in [0.05, 0.1) is 17.1 Å². The minimum atomic E-state index is -0.586. The van der Waals surface area contributed by atoms with Gasteiger partial charge in [-0.1, -0.05) is 16.8 Å². The van der Waals surface area contributed by atoms with E-state index in [-0.39, 0.29) is 0 Å². The van der Waals surface area contributed by atoms with E-state index in [1.54, 1.807) is 0 Å². The summed E-state index contributed by atoms with van der Waals surface area (Å²) in [4.78, 5) is 8.40. The first kappa shape index (κ1) is 12.8. The third kappa shape index (κ3) is 1.60. The highest BCUT2D eigenvalue weighted by Gasteiger charge is 2.32. The number of aromatic nitrogens is 4. The SMILES string of the molecule is Cc1onc2c1[C@H](O)CCc1c-2c2c(Cl)ncnc2n1C. The minimum Gasteiger partial charge on any atom is -0.388 e. The number of hydrogen-bond donors (Lipinski definition) is 1. The van der Waals surface area contributed by atoms with E-state index in [2.05, 4.69) is 15.1 Å². The van der Waals surface area contributed by atoms with E-state index >= 15 is 0 Å². The fourth-order valence-corrected chi connectivity index (χ4v) is 3.40. The molecular formula is C14H13ClN4O2. The summed E-state index contributed by atoms with van der Waals surface area (Å²) in [5, 5.41) is 15.7. The Morgan fingerprint density at radius 2 is 2.24 bits per heavy atom. The summed E-state index contributed by atoms with van der Waals surface area (Å²) in [5.74, 6) is 0.635. The Labute approximate surface area is 125 Å². The lowest BCUT2D eigenvalue weighted by Gasteiger charge is -2.07. The maximum Gasteiger partial charge on any atom is 0.145 e. The van der Waals surface area contributed by atoms with E-state index in [9.17, 15) is 5.11 Å². The summed E-state index contributed by atoms with van der Waals surface area (Å²) < 4.78 is 7.29. The average molecular weight is 305 g/mol. The number of aliphatic hydroxyl groups excluding tert-OH is 1. The van der Waals surface area contributed by atoms with Gasteiger partial charge in [0.1, 0.15) is 28.6 Å². The molecule has 3 heterocycles. The van der Waals surface area contributed by atoms with Gasteiger partial charge >= 0.3 is 0 Å². The van der Waals surface area contributed by atoms with Crippen molar-refractivity contribution in [2.24, 2.45) is 7.05 Å². The van der Waals surface area contributed by atoms with Crippen LogP contribution in [-0.2, 0) is 13.5 Å². The lowest BCUT2D eigenvalue weighted by molar-refractivity contribution is 0.166. The zero-order chi connectivity index (χ0) is 14.7. The molecule has 0 bridgehead atoms. The first-order valence-electron chi connectivity index (χ1n) is 6.72. The second-order valence-corrected chi connectivity index (χ2v) is 5.66. The van der Waals surface area contributed by atoms with Crippen molar-refractivity contribution in [3.8, 4) is 11.3 Å². The van der Waals surface area contributed by atoms with Gasteiger partial charge in [-0.3, -0.25) is 0 Å². The molecule has 1 N–H and O–H groups in total. The van der Waals surface area contributed by atoms with Crippen LogP contribution in [0.4, 0.5) is 0 Å². The van der Waals surface area contributed by atoms with Gasteiger partial charge in [-0.05, 0) is 19.8 Å². The van der Waals surface area contributed by atoms with Crippen LogP contribution in [0.15, 0.2) is 10.9 Å². The van der Waals surface area contributed by atoms with Gasteiger partial charge in [-0.2, -0.15) is 0 Å². The van der Waals surface area contributed by atoms with Crippen molar-refractivity contribution in [3.05, 3.63) is 28.5 Å². The highest BCUT2D eigenvalue weighted by Crippen LogP contribution is 2.43. The van der Waals surface area contributed by atoms with Crippen LogP contribution < -0.4 is 0 Å². The van der Waals surface area contributed by atoms with Crippen LogP contribution in [0, 0.1) is 6.92 Å². The van der Waals surface area contributed by atoms with Crippen molar-refractivity contribution in [1.82, 2.24) is 19.7 Å². The van der Waals surface area contributed by atoms with E-state index < -0.39 is 6.10 Å². The smallest absolute Gasteiger partial charge is 0.145 e. The Hall–Kier alpha value is -1.92. The first-order chi connectivity index (χ1) is 10.1. The predicted octanol–water partition coefficient (Wildman–Crippen LogP) is 2.56. The maximum absolute atomic E-state index is 10.4. The van der Waals surface area contributed by atoms with Crippen molar-refractivity contribution < 1.29 is 9.63 Å². The monoisotopic (exact) mass is 304 g/mol. The maximum atomic E-state index is 10.4. The second-order valence-electron chi connectivity index (χ2n) is 5.30. The predicted molar refractivity (Wildman–Crippen MR) is 77.0 cm³/mol. The summed E-state index contributed by atoms with van der Waals surface area (Å²) in [5.41, 5.74) is 4.07. The Morgan fingerprint density at radius 1 is 1.43 bits per heavy atom. The lowest BCUT2D eigenvalue weighted by Crippen LogP contribution is -2.01. The summed E-state index contributed by atoms with van der Waals surface area (Å²) in [6, 6.07) is 0. The highest BCUT2D eigenvalue weighted by molar-refractivity contribution is 6.35. The highest BCUT2D eigenvalue weighted by atomic mass is 35.5. The molecule has 3 aromatic heterocycles. The molecule has 1 aliphatic rings. The topological polar surface area (TPSA) is 77.0 Å². The van der Waals surface area contributed by atoms with E-state index in [1.165, 1.54) is 6.33 Å². The number of halogens is 1. The summed E-state index contributed by atoms with van der Waals surface area (Å²) >= 11 is 6.28. The van der Waals surface area contributed by atoms with E-state index in [4.69, 9.17) is 16.1 Å². The molecule has 0 radical (unpaired) electrons. The molecule has 0 aliphatic heterocycles. The average Bonchev–Trinajstić information content (AvgIpc) is 2.91. The molecule has 7 heteroatoms. The van der Waals surface area contributed by atoms with Crippen LogP contribution in [0.5, 0.6) is 0 Å². The third-order valence-corrected chi connectivity index (χ3v) is 4.46. The van der Waals surface area contributed by atoms with Gasteiger partial charge in [-0.25, -0.2) is 9.97 Å².